The number of nitriles is 1. The number of anilines is 3. The van der Waals surface area contributed by atoms with Crippen molar-refractivity contribution in [3.05, 3.63) is 47.7 Å². The highest BCUT2D eigenvalue weighted by Gasteiger charge is 2.31. The summed E-state index contributed by atoms with van der Waals surface area (Å²) in [6, 6.07) is 7.80. The summed E-state index contributed by atoms with van der Waals surface area (Å²) in [5, 5.41) is 22.2. The third-order valence-corrected chi connectivity index (χ3v) is 3.35. The molecule has 0 aliphatic carbocycles. The van der Waals surface area contributed by atoms with Gasteiger partial charge in [-0.25, -0.2) is 4.98 Å². The van der Waals surface area contributed by atoms with Crippen LogP contribution >= 0.6 is 0 Å². The Bertz CT molecular complexity index is 757. The lowest BCUT2D eigenvalue weighted by molar-refractivity contribution is -0.137. The number of pyridine rings is 1. The van der Waals surface area contributed by atoms with E-state index in [-0.39, 0.29) is 11.4 Å². The minimum Gasteiger partial charge on any atom is -0.432 e. The van der Waals surface area contributed by atoms with Gasteiger partial charge in [0.05, 0.1) is 23.0 Å². The first-order chi connectivity index (χ1) is 11.3. The number of hydrogen-bond donors (Lipinski definition) is 2. The number of hydrogen-bond acceptors (Lipinski definition) is 5. The Labute approximate surface area is 137 Å². The van der Waals surface area contributed by atoms with Crippen LogP contribution < -0.4 is 10.1 Å². The van der Waals surface area contributed by atoms with Gasteiger partial charge in [-0.05, 0) is 37.2 Å². The maximum atomic E-state index is 12.7. The van der Waals surface area contributed by atoms with Crippen LogP contribution in [0, 0.1) is 11.3 Å². The molecule has 0 amide bonds. The van der Waals surface area contributed by atoms with Gasteiger partial charge in [-0.15, -0.1) is 0 Å². The Morgan fingerprint density at radius 3 is 2.38 bits per heavy atom. The third-order valence-electron chi connectivity index (χ3n) is 3.35. The molecule has 0 bridgehead atoms. The summed E-state index contributed by atoms with van der Waals surface area (Å²) in [5.74, 6) is 0.159. The average molecular weight is 334 g/mol. The van der Waals surface area contributed by atoms with Gasteiger partial charge in [0, 0.05) is 12.7 Å². The highest BCUT2D eigenvalue weighted by atomic mass is 19.4. The van der Waals surface area contributed by atoms with Gasteiger partial charge >= 0.3 is 13.2 Å². The van der Waals surface area contributed by atoms with Gasteiger partial charge in [0.15, 0.2) is 0 Å². The average Bonchev–Trinajstić information content (AvgIpc) is 2.54. The van der Waals surface area contributed by atoms with Crippen LogP contribution in [0.2, 0.25) is 6.82 Å². The van der Waals surface area contributed by atoms with Crippen LogP contribution in [0.5, 0.6) is 0 Å². The first-order valence-electron chi connectivity index (χ1n) is 7.00. The van der Waals surface area contributed by atoms with E-state index in [1.165, 1.54) is 30.0 Å². The fourth-order valence-corrected chi connectivity index (χ4v) is 2.19. The van der Waals surface area contributed by atoms with E-state index in [4.69, 9.17) is 0 Å². The molecule has 24 heavy (non-hydrogen) atoms. The Balaban J connectivity index is 2.50. The van der Waals surface area contributed by atoms with E-state index in [1.807, 2.05) is 6.07 Å². The number of benzene rings is 1. The van der Waals surface area contributed by atoms with Gasteiger partial charge in [0.1, 0.15) is 11.9 Å². The van der Waals surface area contributed by atoms with E-state index in [0.29, 0.717) is 11.4 Å². The van der Waals surface area contributed by atoms with E-state index < -0.39 is 18.8 Å². The van der Waals surface area contributed by atoms with Gasteiger partial charge in [-0.2, -0.15) is 18.4 Å². The van der Waals surface area contributed by atoms with E-state index in [0.717, 1.165) is 12.1 Å². The molecule has 2 aromatic rings. The van der Waals surface area contributed by atoms with Crippen molar-refractivity contribution in [2.75, 3.05) is 17.2 Å². The van der Waals surface area contributed by atoms with E-state index >= 15 is 0 Å². The summed E-state index contributed by atoms with van der Waals surface area (Å²) in [6.45, 7) is 1.44. The fraction of sp³-hybridized carbons (Fsp3) is 0.200. The molecule has 124 valence electrons. The molecule has 9 heteroatoms. The van der Waals surface area contributed by atoms with Crippen molar-refractivity contribution in [3.8, 4) is 6.07 Å². The lowest BCUT2D eigenvalue weighted by Gasteiger charge is -2.26. The monoisotopic (exact) mass is 334 g/mol. The topological polar surface area (TPSA) is 72.2 Å². The van der Waals surface area contributed by atoms with Crippen molar-refractivity contribution in [1.29, 1.82) is 5.26 Å². The molecule has 0 spiro atoms. The summed E-state index contributed by atoms with van der Waals surface area (Å²) in [7, 11) is 0.571. The largest absolute Gasteiger partial charge is 0.432 e. The third kappa shape index (κ3) is 3.60. The molecule has 0 unspecified atom stereocenters. The number of alkyl halides is 3. The number of aromatic nitrogens is 1. The lowest BCUT2D eigenvalue weighted by Crippen LogP contribution is -2.34. The summed E-state index contributed by atoms with van der Waals surface area (Å²) in [6.07, 6.45) is -2.98. The van der Waals surface area contributed by atoms with Crippen molar-refractivity contribution in [2.24, 2.45) is 0 Å². The molecule has 0 aliphatic heterocycles. The summed E-state index contributed by atoms with van der Waals surface area (Å²) < 4.78 is 38.0. The molecule has 1 aromatic carbocycles. The number of halogens is 3. The quantitative estimate of drug-likeness (QED) is 0.840. The Morgan fingerprint density at radius 2 is 1.92 bits per heavy atom. The van der Waals surface area contributed by atoms with Gasteiger partial charge in [0.2, 0.25) is 0 Å². The normalized spacial score (nSPS) is 10.9. The zero-order chi connectivity index (χ0) is 17.9. The standard InChI is InChI=1S/C15H14BF3N4O/c1-16(24)23(13-5-3-11(4-6-13)15(17,18)19)14-10(8-20)7-12(21-2)9-22-14/h3-7,9,21,24H,1-2H3. The maximum absolute atomic E-state index is 12.7. The molecule has 0 aliphatic rings. The molecular weight excluding hydrogens is 320 g/mol. The predicted molar refractivity (Wildman–Crippen MR) is 85.9 cm³/mol. The molecule has 2 N–H and O–H groups in total. The molecule has 0 saturated carbocycles. The molecule has 5 nitrogen and oxygen atoms in total. The van der Waals surface area contributed by atoms with Crippen molar-refractivity contribution in [1.82, 2.24) is 4.98 Å². The molecule has 1 heterocycles. The van der Waals surface area contributed by atoms with Crippen molar-refractivity contribution in [2.45, 2.75) is 13.0 Å². The molecule has 0 fully saturated rings. The van der Waals surface area contributed by atoms with Gasteiger partial charge < -0.3 is 15.2 Å². The lowest BCUT2D eigenvalue weighted by atomic mass is 9.83. The minimum atomic E-state index is -4.45. The molecule has 0 saturated heterocycles. The van der Waals surface area contributed by atoms with Crippen molar-refractivity contribution in [3.63, 3.8) is 0 Å². The fourth-order valence-electron chi connectivity index (χ4n) is 2.19. The second-order valence-corrected chi connectivity index (χ2v) is 5.00. The predicted octanol–water partition coefficient (Wildman–Crippen LogP) is 3.26. The zero-order valence-corrected chi connectivity index (χ0v) is 13.0. The Kier molecular flexibility index (Phi) is 5.00. The highest BCUT2D eigenvalue weighted by Crippen LogP contribution is 2.33. The molecular formula is C15H14BF3N4O. The summed E-state index contributed by atoms with van der Waals surface area (Å²) >= 11 is 0. The van der Waals surface area contributed by atoms with Crippen LogP contribution in [0.25, 0.3) is 0 Å². The second-order valence-electron chi connectivity index (χ2n) is 5.00. The first kappa shape index (κ1) is 17.6. The van der Waals surface area contributed by atoms with Crippen LogP contribution in [-0.2, 0) is 6.18 Å². The second kappa shape index (κ2) is 6.80. The molecule has 1 aromatic heterocycles. The molecule has 0 atom stereocenters. The van der Waals surface area contributed by atoms with Crippen LogP contribution in [0.3, 0.4) is 0 Å². The van der Waals surface area contributed by atoms with E-state index in [2.05, 4.69) is 10.3 Å². The van der Waals surface area contributed by atoms with Crippen LogP contribution in [-0.4, -0.2) is 24.1 Å². The summed E-state index contributed by atoms with van der Waals surface area (Å²) in [4.78, 5) is 5.44. The SMILES string of the molecule is CNc1cnc(N(B(C)O)c2ccc(C(F)(F)F)cc2)c(C#N)c1. The molecule has 0 radical (unpaired) electrons. The summed E-state index contributed by atoms with van der Waals surface area (Å²) in [5.41, 5.74) is 0.283. The molecule has 2 rings (SSSR count). The smallest absolute Gasteiger partial charge is 0.416 e. The highest BCUT2D eigenvalue weighted by molar-refractivity contribution is 6.55. The van der Waals surface area contributed by atoms with Gasteiger partial charge in [0.25, 0.3) is 0 Å². The van der Waals surface area contributed by atoms with Gasteiger partial charge in [-0.1, -0.05) is 0 Å². The zero-order valence-electron chi connectivity index (χ0n) is 13.0. The Morgan fingerprint density at radius 1 is 1.29 bits per heavy atom. The van der Waals surface area contributed by atoms with Gasteiger partial charge in [-0.3, -0.25) is 0 Å². The number of nitrogens with zero attached hydrogens (tertiary/aromatic N) is 3. The van der Waals surface area contributed by atoms with E-state index in [9.17, 15) is 23.5 Å². The van der Waals surface area contributed by atoms with Crippen LogP contribution in [0.15, 0.2) is 36.5 Å². The number of nitrogens with one attached hydrogen (secondary N) is 1. The minimum absolute atomic E-state index is 0.159. The van der Waals surface area contributed by atoms with E-state index in [1.54, 1.807) is 13.1 Å². The van der Waals surface area contributed by atoms with Crippen LogP contribution in [0.4, 0.5) is 30.4 Å². The van der Waals surface area contributed by atoms with Crippen LogP contribution in [0.1, 0.15) is 11.1 Å². The van der Waals surface area contributed by atoms with Crippen molar-refractivity contribution < 1.29 is 18.2 Å². The number of rotatable bonds is 4. The first-order valence-corrected chi connectivity index (χ1v) is 7.00. The van der Waals surface area contributed by atoms with Crippen molar-refractivity contribution >= 4 is 24.2 Å². The Hall–Kier alpha value is -2.73. The maximum Gasteiger partial charge on any atom is 0.416 e.